The van der Waals surface area contributed by atoms with E-state index in [2.05, 4.69) is 5.32 Å². The van der Waals surface area contributed by atoms with E-state index < -0.39 is 17.6 Å². The Morgan fingerprint density at radius 2 is 1.93 bits per heavy atom. The van der Waals surface area contributed by atoms with Crippen LogP contribution in [0.1, 0.15) is 28.8 Å². The summed E-state index contributed by atoms with van der Waals surface area (Å²) in [7, 11) is 1.48. The molecule has 0 aromatic heterocycles. The summed E-state index contributed by atoms with van der Waals surface area (Å²) >= 11 is 0. The van der Waals surface area contributed by atoms with E-state index in [1.807, 2.05) is 0 Å². The van der Waals surface area contributed by atoms with Gasteiger partial charge in [0.15, 0.2) is 11.6 Å². The Morgan fingerprint density at radius 3 is 2.59 bits per heavy atom. The summed E-state index contributed by atoms with van der Waals surface area (Å²) in [6.07, 6.45) is 0.381. The number of rotatable bonds is 9. The van der Waals surface area contributed by atoms with Crippen LogP contribution in [-0.2, 0) is 16.1 Å². The molecule has 0 saturated heterocycles. The van der Waals surface area contributed by atoms with Crippen molar-refractivity contribution in [2.75, 3.05) is 19.0 Å². The minimum absolute atomic E-state index is 0.0370. The standard InChI is InChI=1S/C19H19F2NO5/c1-26-11-12-7-13(19(24)25)9-15(8-12)22-18(23)3-2-6-27-17-5-4-14(20)10-16(17)21/h4-5,7-10H,2-3,6,11H2,1H3,(H,22,23)(H,24,25). The van der Waals surface area contributed by atoms with E-state index in [1.165, 1.54) is 25.3 Å². The van der Waals surface area contributed by atoms with Crippen LogP contribution >= 0.6 is 0 Å². The van der Waals surface area contributed by atoms with Gasteiger partial charge in [0.25, 0.3) is 0 Å². The van der Waals surface area contributed by atoms with Crippen molar-refractivity contribution >= 4 is 17.6 Å². The van der Waals surface area contributed by atoms with Gasteiger partial charge in [-0.15, -0.1) is 0 Å². The Labute approximate surface area is 154 Å². The zero-order chi connectivity index (χ0) is 19.8. The number of carboxylic acids is 1. The first-order valence-electron chi connectivity index (χ1n) is 8.13. The molecule has 0 bridgehead atoms. The van der Waals surface area contributed by atoms with Crippen molar-refractivity contribution in [3.05, 3.63) is 59.2 Å². The van der Waals surface area contributed by atoms with Crippen LogP contribution in [0, 0.1) is 11.6 Å². The van der Waals surface area contributed by atoms with Gasteiger partial charge in [-0.2, -0.15) is 0 Å². The quantitative estimate of drug-likeness (QED) is 0.650. The van der Waals surface area contributed by atoms with E-state index in [-0.39, 0.29) is 36.9 Å². The summed E-state index contributed by atoms with van der Waals surface area (Å²) in [6, 6.07) is 7.42. The van der Waals surface area contributed by atoms with Gasteiger partial charge in [-0.1, -0.05) is 0 Å². The molecule has 0 spiro atoms. The van der Waals surface area contributed by atoms with Crippen molar-refractivity contribution in [1.29, 1.82) is 0 Å². The third-order valence-electron chi connectivity index (χ3n) is 3.53. The fourth-order valence-corrected chi connectivity index (χ4v) is 2.37. The Morgan fingerprint density at radius 1 is 1.15 bits per heavy atom. The topological polar surface area (TPSA) is 84.9 Å². The second-order valence-electron chi connectivity index (χ2n) is 5.73. The molecule has 2 N–H and O–H groups in total. The van der Waals surface area contributed by atoms with Crippen LogP contribution in [0.5, 0.6) is 5.75 Å². The Hall–Kier alpha value is -3.00. The molecule has 144 valence electrons. The van der Waals surface area contributed by atoms with Crippen molar-refractivity contribution in [3.63, 3.8) is 0 Å². The maximum atomic E-state index is 13.4. The summed E-state index contributed by atoms with van der Waals surface area (Å²) in [5.41, 5.74) is 0.996. The summed E-state index contributed by atoms with van der Waals surface area (Å²) < 4.78 is 36.4. The van der Waals surface area contributed by atoms with Crippen molar-refractivity contribution in [1.82, 2.24) is 0 Å². The molecular weight excluding hydrogens is 360 g/mol. The van der Waals surface area contributed by atoms with E-state index in [4.69, 9.17) is 14.6 Å². The van der Waals surface area contributed by atoms with Gasteiger partial charge in [0.2, 0.25) is 5.91 Å². The van der Waals surface area contributed by atoms with Gasteiger partial charge in [-0.05, 0) is 42.3 Å². The Balaban J connectivity index is 1.87. The molecule has 0 fully saturated rings. The number of halogens is 2. The van der Waals surface area contributed by atoms with E-state index in [0.29, 0.717) is 17.7 Å². The third-order valence-corrected chi connectivity index (χ3v) is 3.53. The lowest BCUT2D eigenvalue weighted by Crippen LogP contribution is -2.14. The highest BCUT2D eigenvalue weighted by Gasteiger charge is 2.10. The Kier molecular flexibility index (Phi) is 7.25. The lowest BCUT2D eigenvalue weighted by atomic mass is 10.1. The highest BCUT2D eigenvalue weighted by atomic mass is 19.1. The van der Waals surface area contributed by atoms with E-state index >= 15 is 0 Å². The molecule has 0 atom stereocenters. The molecule has 0 radical (unpaired) electrons. The number of hydrogen-bond donors (Lipinski definition) is 2. The number of benzene rings is 2. The van der Waals surface area contributed by atoms with E-state index in [0.717, 1.165) is 12.1 Å². The fourth-order valence-electron chi connectivity index (χ4n) is 2.37. The number of aromatic carboxylic acids is 1. The summed E-state index contributed by atoms with van der Waals surface area (Å²) in [5.74, 6) is -3.05. The first kappa shape index (κ1) is 20.3. The molecule has 27 heavy (non-hydrogen) atoms. The van der Waals surface area contributed by atoms with Gasteiger partial charge in [-0.3, -0.25) is 4.79 Å². The first-order chi connectivity index (χ1) is 12.9. The van der Waals surface area contributed by atoms with Crippen LogP contribution < -0.4 is 10.1 Å². The lowest BCUT2D eigenvalue weighted by Gasteiger charge is -2.10. The van der Waals surface area contributed by atoms with Crippen LogP contribution in [0.3, 0.4) is 0 Å². The van der Waals surface area contributed by atoms with Crippen molar-refractivity contribution in [3.8, 4) is 5.75 Å². The molecule has 0 heterocycles. The maximum absolute atomic E-state index is 13.4. The largest absolute Gasteiger partial charge is 0.491 e. The zero-order valence-electron chi connectivity index (χ0n) is 14.6. The van der Waals surface area contributed by atoms with Crippen LogP contribution in [0.15, 0.2) is 36.4 Å². The first-order valence-corrected chi connectivity index (χ1v) is 8.13. The van der Waals surface area contributed by atoms with Crippen LogP contribution in [0.2, 0.25) is 0 Å². The number of hydrogen-bond acceptors (Lipinski definition) is 4. The second kappa shape index (κ2) is 9.63. The normalized spacial score (nSPS) is 10.5. The molecular formula is C19H19F2NO5. The van der Waals surface area contributed by atoms with Gasteiger partial charge in [0, 0.05) is 25.3 Å². The summed E-state index contributed by atoms with van der Waals surface area (Å²) in [5, 5.41) is 11.7. The molecule has 6 nitrogen and oxygen atoms in total. The number of ether oxygens (including phenoxy) is 2. The third kappa shape index (κ3) is 6.34. The molecule has 1 amide bonds. The fraction of sp³-hybridized carbons (Fsp3) is 0.263. The molecule has 8 heteroatoms. The molecule has 2 rings (SSSR count). The smallest absolute Gasteiger partial charge is 0.335 e. The average molecular weight is 379 g/mol. The SMILES string of the molecule is COCc1cc(NC(=O)CCCOc2ccc(F)cc2F)cc(C(=O)O)c1. The summed E-state index contributed by atoms with van der Waals surface area (Å²) in [6.45, 7) is 0.279. The number of carboxylic acid groups (broad SMARTS) is 1. The van der Waals surface area contributed by atoms with Crippen molar-refractivity contribution in [2.45, 2.75) is 19.4 Å². The zero-order valence-corrected chi connectivity index (χ0v) is 14.6. The number of carbonyl (C=O) groups excluding carboxylic acids is 1. The molecule has 0 aliphatic heterocycles. The van der Waals surface area contributed by atoms with Gasteiger partial charge in [0.05, 0.1) is 18.8 Å². The lowest BCUT2D eigenvalue weighted by molar-refractivity contribution is -0.116. The van der Waals surface area contributed by atoms with Crippen LogP contribution in [0.4, 0.5) is 14.5 Å². The highest BCUT2D eigenvalue weighted by molar-refractivity contribution is 5.94. The molecule has 2 aromatic rings. The highest BCUT2D eigenvalue weighted by Crippen LogP contribution is 2.19. The number of methoxy groups -OCH3 is 1. The molecule has 0 saturated carbocycles. The monoisotopic (exact) mass is 379 g/mol. The molecule has 0 aliphatic carbocycles. The Bertz CT molecular complexity index is 826. The van der Waals surface area contributed by atoms with E-state index in [9.17, 15) is 18.4 Å². The molecule has 0 unspecified atom stereocenters. The average Bonchev–Trinajstić information content (AvgIpc) is 2.60. The van der Waals surface area contributed by atoms with Gasteiger partial charge in [-0.25, -0.2) is 13.6 Å². The number of nitrogens with one attached hydrogen (secondary N) is 1. The minimum atomic E-state index is -1.11. The van der Waals surface area contributed by atoms with Gasteiger partial charge in [0.1, 0.15) is 5.82 Å². The number of carbonyl (C=O) groups is 2. The maximum Gasteiger partial charge on any atom is 0.335 e. The van der Waals surface area contributed by atoms with Crippen molar-refractivity contribution < 1.29 is 33.0 Å². The predicted octanol–water partition coefficient (Wildman–Crippen LogP) is 3.61. The second-order valence-corrected chi connectivity index (χ2v) is 5.73. The van der Waals surface area contributed by atoms with Gasteiger partial charge < -0.3 is 19.9 Å². The summed E-state index contributed by atoms with van der Waals surface area (Å²) in [4.78, 5) is 23.2. The van der Waals surface area contributed by atoms with Gasteiger partial charge >= 0.3 is 5.97 Å². The number of amides is 1. The predicted molar refractivity (Wildman–Crippen MR) is 93.8 cm³/mol. The van der Waals surface area contributed by atoms with Crippen LogP contribution in [0.25, 0.3) is 0 Å². The van der Waals surface area contributed by atoms with E-state index in [1.54, 1.807) is 6.07 Å². The molecule has 2 aromatic carbocycles. The van der Waals surface area contributed by atoms with Crippen LogP contribution in [-0.4, -0.2) is 30.7 Å². The minimum Gasteiger partial charge on any atom is -0.491 e. The molecule has 0 aliphatic rings. The number of anilines is 1. The van der Waals surface area contributed by atoms with Crippen molar-refractivity contribution in [2.24, 2.45) is 0 Å².